The summed E-state index contributed by atoms with van der Waals surface area (Å²) in [5, 5.41) is 5.77. The zero-order valence-corrected chi connectivity index (χ0v) is 18.6. The second-order valence-corrected chi connectivity index (χ2v) is 9.55. The predicted octanol–water partition coefficient (Wildman–Crippen LogP) is 5.14. The molecule has 8 rings (SSSR count). The molecule has 34 heavy (non-hydrogen) atoms. The number of likely N-dealkylation sites (tertiary alicyclic amines) is 1. The number of amides is 2. The van der Waals surface area contributed by atoms with Crippen molar-refractivity contribution in [2.24, 2.45) is 11.8 Å². The highest BCUT2D eigenvalue weighted by molar-refractivity contribution is 6.07. The Labute approximate surface area is 198 Å². The van der Waals surface area contributed by atoms with Crippen molar-refractivity contribution >= 4 is 28.3 Å². The second kappa shape index (κ2) is 7.29. The minimum Gasteiger partial charge on any atom is -0.383 e. The van der Waals surface area contributed by atoms with Crippen molar-refractivity contribution in [3.8, 4) is 0 Å². The summed E-state index contributed by atoms with van der Waals surface area (Å²) in [6, 6.07) is 31.1. The Morgan fingerprint density at radius 3 is 1.71 bits per heavy atom. The molecule has 2 bridgehead atoms. The van der Waals surface area contributed by atoms with Gasteiger partial charge < -0.3 is 5.32 Å². The van der Waals surface area contributed by atoms with Crippen molar-refractivity contribution in [2.45, 2.75) is 11.8 Å². The molecule has 1 fully saturated rings. The van der Waals surface area contributed by atoms with Crippen LogP contribution in [0.25, 0.3) is 10.8 Å². The Morgan fingerprint density at radius 2 is 1.12 bits per heavy atom. The average Bonchev–Trinajstić information content (AvgIpc) is 3.14. The van der Waals surface area contributed by atoms with Crippen molar-refractivity contribution in [1.82, 2.24) is 4.90 Å². The van der Waals surface area contributed by atoms with Crippen LogP contribution in [0.1, 0.15) is 34.1 Å². The van der Waals surface area contributed by atoms with Crippen molar-refractivity contribution in [3.63, 3.8) is 0 Å². The van der Waals surface area contributed by atoms with Gasteiger partial charge >= 0.3 is 0 Å². The van der Waals surface area contributed by atoms with Crippen molar-refractivity contribution in [1.29, 1.82) is 0 Å². The molecule has 4 aliphatic rings. The maximum Gasteiger partial charge on any atom is 0.234 e. The van der Waals surface area contributed by atoms with Gasteiger partial charge in [0.15, 0.2) is 0 Å². The summed E-state index contributed by atoms with van der Waals surface area (Å²) in [5.74, 6) is -0.744. The third kappa shape index (κ3) is 2.59. The van der Waals surface area contributed by atoms with Crippen LogP contribution in [0, 0.1) is 11.8 Å². The zero-order chi connectivity index (χ0) is 22.8. The lowest BCUT2D eigenvalue weighted by Gasteiger charge is -2.45. The molecule has 0 aromatic heterocycles. The summed E-state index contributed by atoms with van der Waals surface area (Å²) in [4.78, 5) is 28.9. The van der Waals surface area contributed by atoms with E-state index in [-0.39, 0.29) is 35.5 Å². The largest absolute Gasteiger partial charge is 0.383 e. The highest BCUT2D eigenvalue weighted by atomic mass is 16.2. The molecule has 4 nitrogen and oxygen atoms in total. The minimum atomic E-state index is -0.306. The number of carbonyl (C=O) groups excluding carboxylic acids is 2. The van der Waals surface area contributed by atoms with Gasteiger partial charge in [-0.05, 0) is 33.7 Å². The van der Waals surface area contributed by atoms with Gasteiger partial charge in [-0.25, -0.2) is 0 Å². The van der Waals surface area contributed by atoms with Gasteiger partial charge in [-0.15, -0.1) is 0 Å². The monoisotopic (exact) mass is 444 g/mol. The number of hydrogen-bond acceptors (Lipinski definition) is 3. The molecule has 0 saturated carbocycles. The molecule has 1 aliphatic heterocycles. The van der Waals surface area contributed by atoms with Crippen molar-refractivity contribution in [2.75, 3.05) is 18.4 Å². The molecule has 0 spiro atoms. The molecular weight excluding hydrogens is 420 g/mol. The summed E-state index contributed by atoms with van der Waals surface area (Å²) in [5.41, 5.74) is 5.87. The van der Waals surface area contributed by atoms with Crippen LogP contribution in [-0.4, -0.2) is 29.8 Å². The van der Waals surface area contributed by atoms with E-state index in [9.17, 15) is 9.59 Å². The summed E-state index contributed by atoms with van der Waals surface area (Å²) >= 11 is 0. The summed E-state index contributed by atoms with van der Waals surface area (Å²) in [6.07, 6.45) is 0. The highest BCUT2D eigenvalue weighted by Crippen LogP contribution is 2.60. The molecule has 1 heterocycles. The number of hydrogen-bond donors (Lipinski definition) is 1. The smallest absolute Gasteiger partial charge is 0.234 e. The van der Waals surface area contributed by atoms with Crippen LogP contribution in [0.3, 0.4) is 0 Å². The fraction of sp³-hybridized carbons (Fsp3) is 0.200. The van der Waals surface area contributed by atoms with Crippen molar-refractivity contribution in [3.05, 3.63) is 113 Å². The molecule has 3 aliphatic carbocycles. The third-order valence-electron chi connectivity index (χ3n) is 7.98. The third-order valence-corrected chi connectivity index (χ3v) is 7.98. The van der Waals surface area contributed by atoms with Gasteiger partial charge in [0.1, 0.15) is 0 Å². The lowest BCUT2D eigenvalue weighted by Crippen LogP contribution is -2.41. The lowest BCUT2D eigenvalue weighted by molar-refractivity contribution is -0.139. The molecule has 2 amide bonds. The molecule has 4 heteroatoms. The zero-order valence-electron chi connectivity index (χ0n) is 18.6. The predicted molar refractivity (Wildman–Crippen MR) is 133 cm³/mol. The van der Waals surface area contributed by atoms with E-state index in [1.54, 1.807) is 0 Å². The number of benzene rings is 4. The number of rotatable bonds is 4. The van der Waals surface area contributed by atoms with Gasteiger partial charge in [0.05, 0.1) is 11.8 Å². The van der Waals surface area contributed by atoms with Crippen LogP contribution in [0.4, 0.5) is 5.69 Å². The van der Waals surface area contributed by atoms with E-state index in [0.717, 1.165) is 11.1 Å². The molecular formula is C30H24N2O2. The summed E-state index contributed by atoms with van der Waals surface area (Å²) < 4.78 is 0. The first-order valence-electron chi connectivity index (χ1n) is 12.0. The Hall–Kier alpha value is -3.92. The lowest BCUT2D eigenvalue weighted by atomic mass is 9.55. The number of fused-ring (bicyclic) bond motifs is 1. The van der Waals surface area contributed by atoms with Gasteiger partial charge in [0, 0.05) is 36.0 Å². The minimum absolute atomic E-state index is 0.0197. The Morgan fingerprint density at radius 1 is 0.618 bits per heavy atom. The van der Waals surface area contributed by atoms with Gasteiger partial charge in [-0.2, -0.15) is 0 Å². The number of nitrogens with zero attached hydrogens (tertiary/aromatic N) is 1. The van der Waals surface area contributed by atoms with E-state index in [1.807, 2.05) is 48.5 Å². The Bertz CT molecular complexity index is 1350. The van der Waals surface area contributed by atoms with E-state index < -0.39 is 0 Å². The summed E-state index contributed by atoms with van der Waals surface area (Å²) in [6.45, 7) is 0.903. The van der Waals surface area contributed by atoms with E-state index in [4.69, 9.17) is 0 Å². The standard InChI is InChI=1S/C30H24N2O2/c33-29-27-25-20-11-3-4-12-21(20)26(23-14-6-5-13-22(23)25)28(27)30(34)32(29)17-16-31-24-15-7-9-18-8-1-2-10-19(18)24/h1-15,25-28,31H,16-17H2. The van der Waals surface area contributed by atoms with Crippen molar-refractivity contribution < 1.29 is 9.59 Å². The first kappa shape index (κ1) is 19.5. The van der Waals surface area contributed by atoms with Crippen LogP contribution >= 0.6 is 0 Å². The molecule has 1 saturated heterocycles. The Balaban J connectivity index is 1.20. The molecule has 1 N–H and O–H groups in total. The number of anilines is 1. The van der Waals surface area contributed by atoms with Gasteiger partial charge in [-0.1, -0.05) is 84.9 Å². The van der Waals surface area contributed by atoms with Gasteiger partial charge in [0.25, 0.3) is 0 Å². The molecule has 4 aromatic rings. The quantitative estimate of drug-likeness (QED) is 0.443. The van der Waals surface area contributed by atoms with Crippen LogP contribution in [0.15, 0.2) is 91.0 Å². The highest BCUT2D eigenvalue weighted by Gasteiger charge is 2.61. The first-order chi connectivity index (χ1) is 16.7. The second-order valence-electron chi connectivity index (χ2n) is 9.55. The van der Waals surface area contributed by atoms with E-state index in [2.05, 4.69) is 47.8 Å². The number of nitrogens with one attached hydrogen (secondary N) is 1. The molecule has 2 unspecified atom stereocenters. The van der Waals surface area contributed by atoms with Gasteiger partial charge in [0.2, 0.25) is 11.8 Å². The van der Waals surface area contributed by atoms with Gasteiger partial charge in [-0.3, -0.25) is 14.5 Å². The fourth-order valence-corrected chi connectivity index (χ4v) is 6.64. The number of imide groups is 1. The molecule has 166 valence electrons. The Kier molecular flexibility index (Phi) is 4.19. The van der Waals surface area contributed by atoms with E-state index in [0.29, 0.717) is 13.1 Å². The molecule has 2 atom stereocenters. The van der Waals surface area contributed by atoms with Crippen LogP contribution in [0.2, 0.25) is 0 Å². The maximum absolute atomic E-state index is 13.7. The fourth-order valence-electron chi connectivity index (χ4n) is 6.64. The topological polar surface area (TPSA) is 49.4 Å². The average molecular weight is 445 g/mol. The maximum atomic E-state index is 13.7. The van der Waals surface area contributed by atoms with Crippen LogP contribution < -0.4 is 5.32 Å². The number of carbonyl (C=O) groups is 2. The SMILES string of the molecule is O=C1C2C3c4ccccc4C(c4ccccc43)C2C(=O)N1CCNc1cccc2ccccc12. The molecule has 0 radical (unpaired) electrons. The van der Waals surface area contributed by atoms with E-state index in [1.165, 1.54) is 32.5 Å². The molecule has 4 aromatic carbocycles. The van der Waals surface area contributed by atoms with Crippen LogP contribution in [0.5, 0.6) is 0 Å². The summed E-state index contributed by atoms with van der Waals surface area (Å²) in [7, 11) is 0. The van der Waals surface area contributed by atoms with Crippen LogP contribution in [-0.2, 0) is 9.59 Å². The normalized spacial score (nSPS) is 24.2. The van der Waals surface area contributed by atoms with E-state index >= 15 is 0 Å². The first-order valence-corrected chi connectivity index (χ1v) is 12.0.